The molecule has 8 aliphatic rings. The highest BCUT2D eigenvalue weighted by Crippen LogP contribution is 2.76. The van der Waals surface area contributed by atoms with Crippen LogP contribution in [0.5, 0.6) is 0 Å². The molecule has 7 fully saturated rings. The SMILES string of the molecule is CO[C@@H]1C[C@H]2C(C)(C)[C@@H](O[C@@H]3O[C@H](CO)[C@@H](O)[C@H](O[C@@H]4OC[C@H](O)[C@H](O)[C@H]4O)[C@H]3O[C@@H]3O[C@H](CO)[C@@H](O)[C@H](O)[C@H]3O)CC[C@]2(C)[C@H]2CC=C3[C@@H]4CC(C)(C)CC[C@]4(CO)CC[C@@]3(C)[C@@]21C. The van der Waals surface area contributed by atoms with Crippen LogP contribution in [-0.4, -0.2) is 183 Å². The van der Waals surface area contributed by atoms with E-state index in [4.69, 9.17) is 33.2 Å². The van der Waals surface area contributed by atoms with Gasteiger partial charge in [-0.3, -0.25) is 0 Å². The van der Waals surface area contributed by atoms with Gasteiger partial charge in [0.2, 0.25) is 0 Å². The molecule has 0 aromatic heterocycles. The zero-order chi connectivity index (χ0) is 47.4. The van der Waals surface area contributed by atoms with Crippen LogP contribution in [0, 0.1) is 50.2 Å². The molecule has 3 saturated heterocycles. The number of methoxy groups -OCH3 is 1. The van der Waals surface area contributed by atoms with Crippen molar-refractivity contribution in [2.45, 2.75) is 204 Å². The topological polar surface area (TPSA) is 267 Å². The van der Waals surface area contributed by atoms with E-state index in [1.807, 2.05) is 7.11 Å². The maximum absolute atomic E-state index is 11.7. The summed E-state index contributed by atoms with van der Waals surface area (Å²) < 4.78 is 43.8. The molecule has 3 aliphatic heterocycles. The van der Waals surface area contributed by atoms with Crippen LogP contribution in [0.3, 0.4) is 0 Å². The zero-order valence-corrected chi connectivity index (χ0v) is 39.6. The van der Waals surface area contributed by atoms with Crippen molar-refractivity contribution in [1.29, 1.82) is 0 Å². The highest BCUT2D eigenvalue weighted by Gasteiger charge is 2.72. The average molecular weight is 929 g/mol. The second-order valence-corrected chi connectivity index (χ2v) is 23.4. The smallest absolute Gasteiger partial charge is 0.187 e. The number of aliphatic hydroxyl groups is 10. The van der Waals surface area contributed by atoms with E-state index in [2.05, 4.69) is 54.5 Å². The molecule has 0 unspecified atom stereocenters. The normalized spacial score (nSPS) is 54.1. The third-order valence-electron chi connectivity index (χ3n) is 19.4. The molecular formula is C48H80O17. The van der Waals surface area contributed by atoms with E-state index in [-0.39, 0.29) is 51.6 Å². The molecule has 374 valence electrons. The molecule has 0 amide bonds. The van der Waals surface area contributed by atoms with Gasteiger partial charge in [-0.05, 0) is 97.2 Å². The number of aliphatic hydroxyl groups excluding tert-OH is 10. The first kappa shape index (κ1) is 50.4. The van der Waals surface area contributed by atoms with E-state index in [0.717, 1.165) is 51.4 Å². The molecule has 0 spiro atoms. The summed E-state index contributed by atoms with van der Waals surface area (Å²) in [5.41, 5.74) is 0.519. The quantitative estimate of drug-likeness (QED) is 0.108. The van der Waals surface area contributed by atoms with Gasteiger partial charge in [-0.2, -0.15) is 0 Å². The van der Waals surface area contributed by atoms with Gasteiger partial charge in [0.15, 0.2) is 18.9 Å². The van der Waals surface area contributed by atoms with E-state index in [1.54, 1.807) is 0 Å². The van der Waals surface area contributed by atoms with Gasteiger partial charge in [-0.1, -0.05) is 60.1 Å². The second kappa shape index (κ2) is 18.0. The summed E-state index contributed by atoms with van der Waals surface area (Å²) in [7, 11) is 1.83. The Morgan fingerprint density at radius 2 is 1.28 bits per heavy atom. The molecule has 65 heavy (non-hydrogen) atoms. The summed E-state index contributed by atoms with van der Waals surface area (Å²) in [5, 5.41) is 107. The Morgan fingerprint density at radius 1 is 0.646 bits per heavy atom. The number of allylic oxidation sites excluding steroid dienone is 2. The molecule has 3 heterocycles. The molecular weight excluding hydrogens is 849 g/mol. The first-order valence-electron chi connectivity index (χ1n) is 24.2. The van der Waals surface area contributed by atoms with Crippen molar-refractivity contribution in [1.82, 2.24) is 0 Å². The molecule has 0 aromatic carbocycles. The summed E-state index contributed by atoms with van der Waals surface area (Å²) in [4.78, 5) is 0. The number of hydrogen-bond donors (Lipinski definition) is 10. The molecule has 0 aromatic rings. The number of fused-ring (bicyclic) bond motifs is 7. The van der Waals surface area contributed by atoms with Crippen molar-refractivity contribution >= 4 is 0 Å². The molecule has 23 atom stereocenters. The van der Waals surface area contributed by atoms with Crippen molar-refractivity contribution in [3.05, 3.63) is 11.6 Å². The van der Waals surface area contributed by atoms with Gasteiger partial charge in [0.05, 0.1) is 32.0 Å². The molecule has 5 aliphatic carbocycles. The Hall–Kier alpha value is -0.940. The molecule has 17 nitrogen and oxygen atoms in total. The highest BCUT2D eigenvalue weighted by molar-refractivity contribution is 5.35. The van der Waals surface area contributed by atoms with Gasteiger partial charge in [-0.15, -0.1) is 0 Å². The largest absolute Gasteiger partial charge is 0.396 e. The van der Waals surface area contributed by atoms with E-state index in [9.17, 15) is 51.1 Å². The predicted octanol–water partition coefficient (Wildman–Crippen LogP) is 0.878. The van der Waals surface area contributed by atoms with Gasteiger partial charge < -0.3 is 84.2 Å². The predicted molar refractivity (Wildman–Crippen MR) is 230 cm³/mol. The van der Waals surface area contributed by atoms with Gasteiger partial charge in [0.1, 0.15) is 67.1 Å². The monoisotopic (exact) mass is 929 g/mol. The van der Waals surface area contributed by atoms with E-state index in [0.29, 0.717) is 12.3 Å². The minimum absolute atomic E-state index is 0.0717. The Morgan fingerprint density at radius 3 is 1.94 bits per heavy atom. The second-order valence-electron chi connectivity index (χ2n) is 23.4. The maximum atomic E-state index is 11.7. The van der Waals surface area contributed by atoms with Gasteiger partial charge in [-0.25, -0.2) is 0 Å². The van der Waals surface area contributed by atoms with Crippen molar-refractivity contribution in [2.75, 3.05) is 33.5 Å². The molecule has 4 saturated carbocycles. The average Bonchev–Trinajstić information content (AvgIpc) is 3.26. The molecule has 10 N–H and O–H groups in total. The lowest BCUT2D eigenvalue weighted by Gasteiger charge is -2.73. The Balaban J connectivity index is 1.11. The third-order valence-corrected chi connectivity index (χ3v) is 19.4. The Bertz CT molecular complexity index is 1710. The molecule has 17 heteroatoms. The summed E-state index contributed by atoms with van der Waals surface area (Å²) in [6.07, 6.45) is -12.3. The lowest BCUT2D eigenvalue weighted by molar-refractivity contribution is -0.396. The summed E-state index contributed by atoms with van der Waals surface area (Å²) in [5.74, 6) is 0.632. The molecule has 8 rings (SSSR count). The van der Waals surface area contributed by atoms with Crippen LogP contribution in [0.1, 0.15) is 106 Å². The van der Waals surface area contributed by atoms with Crippen LogP contribution in [0.2, 0.25) is 0 Å². The van der Waals surface area contributed by atoms with Gasteiger partial charge in [0.25, 0.3) is 0 Å². The lowest BCUT2D eigenvalue weighted by Crippen LogP contribution is -2.70. The standard InChI is InChI=1S/C48H80O17/c1-43(2)13-15-48(22-51)16-14-46(6)23(24(48)18-43)9-10-28-45(5)12-11-30(44(3,4)29(45)17-31(59-8)47(28,46)7)63-42-39(65-41-37(58)35(56)33(54)26(19-49)61-41)38(34(55)27(20-50)62-42)64-40-36(57)32(53)25(52)21-60-40/h9,24-42,49-58H,10-22H2,1-8H3/t24-,25-,26+,27+,28+,29-,30-,31+,32-,33+,34+,35-,36+,37+,38-,39+,40-,41-,42-,45+,46+,47-,48+/m0/s1. The Kier molecular flexibility index (Phi) is 14.0. The number of ether oxygens (including phenoxy) is 7. The van der Waals surface area contributed by atoms with Gasteiger partial charge >= 0.3 is 0 Å². The Labute approximate surface area is 383 Å². The van der Waals surface area contributed by atoms with E-state index in [1.165, 1.54) is 5.57 Å². The van der Waals surface area contributed by atoms with E-state index >= 15 is 0 Å². The van der Waals surface area contributed by atoms with E-state index < -0.39 is 117 Å². The summed E-state index contributed by atoms with van der Waals surface area (Å²) >= 11 is 0. The fraction of sp³-hybridized carbons (Fsp3) is 0.958. The lowest BCUT2D eigenvalue weighted by atomic mass is 9.33. The van der Waals surface area contributed by atoms with Crippen molar-refractivity contribution in [2.24, 2.45) is 50.2 Å². The molecule has 0 bridgehead atoms. The van der Waals surface area contributed by atoms with Crippen LogP contribution in [0.25, 0.3) is 0 Å². The summed E-state index contributed by atoms with van der Waals surface area (Å²) in [6, 6.07) is 0. The third kappa shape index (κ3) is 7.94. The van der Waals surface area contributed by atoms with Crippen LogP contribution < -0.4 is 0 Å². The maximum Gasteiger partial charge on any atom is 0.187 e. The minimum Gasteiger partial charge on any atom is -0.396 e. The fourth-order valence-corrected chi connectivity index (χ4v) is 15.1. The van der Waals surface area contributed by atoms with Gasteiger partial charge in [0, 0.05) is 24.5 Å². The highest BCUT2D eigenvalue weighted by atomic mass is 16.8. The van der Waals surface area contributed by atoms with Crippen molar-refractivity contribution < 1.29 is 84.2 Å². The minimum atomic E-state index is -1.86. The first-order valence-corrected chi connectivity index (χ1v) is 24.2. The van der Waals surface area contributed by atoms with Crippen LogP contribution in [-0.2, 0) is 33.2 Å². The van der Waals surface area contributed by atoms with Crippen molar-refractivity contribution in [3.8, 4) is 0 Å². The summed E-state index contributed by atoms with van der Waals surface area (Å²) in [6.45, 7) is 14.8. The number of hydrogen-bond acceptors (Lipinski definition) is 17. The van der Waals surface area contributed by atoms with Crippen molar-refractivity contribution in [3.63, 3.8) is 0 Å². The van der Waals surface area contributed by atoms with Crippen LogP contribution in [0.15, 0.2) is 11.6 Å². The van der Waals surface area contributed by atoms with Crippen LogP contribution >= 0.6 is 0 Å². The fourth-order valence-electron chi connectivity index (χ4n) is 15.1. The number of rotatable bonds is 10. The zero-order valence-electron chi connectivity index (χ0n) is 39.6. The first-order chi connectivity index (χ1) is 30.5. The molecule has 0 radical (unpaired) electrons. The van der Waals surface area contributed by atoms with Crippen LogP contribution in [0.4, 0.5) is 0 Å².